The van der Waals surface area contributed by atoms with Gasteiger partial charge in [-0.2, -0.15) is 5.10 Å². The van der Waals surface area contributed by atoms with Crippen LogP contribution in [0.5, 0.6) is 0 Å². The third kappa shape index (κ3) is 2.88. The summed E-state index contributed by atoms with van der Waals surface area (Å²) in [7, 11) is -3.91. The average Bonchev–Trinajstić information content (AvgIpc) is 3.07. The van der Waals surface area contributed by atoms with E-state index in [-0.39, 0.29) is 16.3 Å². The predicted molar refractivity (Wildman–Crippen MR) is 82.5 cm³/mol. The molecular formula is C11H11N5O3S3. The number of amides is 1. The number of rotatable bonds is 4. The number of fused-ring (bicyclic) bond motifs is 1. The molecule has 3 aromatic heterocycles. The first-order valence-corrected chi connectivity index (χ1v) is 9.29. The highest BCUT2D eigenvalue weighted by Gasteiger charge is 2.21. The molecule has 3 rings (SSSR count). The second kappa shape index (κ2) is 5.43. The van der Waals surface area contributed by atoms with Gasteiger partial charge in [0.2, 0.25) is 15.0 Å². The molecule has 11 heteroatoms. The van der Waals surface area contributed by atoms with Crippen LogP contribution in [0, 0.1) is 6.92 Å². The fraction of sp³-hybridized carbons (Fsp3) is 0.182. The number of aryl methyl sites for hydroxylation is 1. The fourth-order valence-corrected chi connectivity index (χ4v) is 4.50. The first-order valence-electron chi connectivity index (χ1n) is 6.05. The first kappa shape index (κ1) is 15.1. The number of hydrogen-bond donors (Lipinski definition) is 2. The molecule has 0 saturated carbocycles. The molecule has 0 spiro atoms. The zero-order valence-corrected chi connectivity index (χ0v) is 13.8. The van der Waals surface area contributed by atoms with Crippen LogP contribution in [0.3, 0.4) is 0 Å². The van der Waals surface area contributed by atoms with E-state index in [4.69, 9.17) is 5.14 Å². The van der Waals surface area contributed by atoms with Gasteiger partial charge in [-0.15, -0.1) is 11.3 Å². The van der Waals surface area contributed by atoms with Gasteiger partial charge < -0.3 is 5.32 Å². The van der Waals surface area contributed by atoms with Crippen molar-refractivity contribution in [1.82, 2.24) is 19.9 Å². The second-order valence-electron chi connectivity index (χ2n) is 4.42. The maximum absolute atomic E-state index is 12.1. The molecule has 0 aliphatic heterocycles. The first-order chi connectivity index (χ1) is 10.3. The quantitative estimate of drug-likeness (QED) is 0.713. The molecule has 0 aliphatic rings. The van der Waals surface area contributed by atoms with Crippen LogP contribution in [0.2, 0.25) is 0 Å². The topological polar surface area (TPSA) is 119 Å². The predicted octanol–water partition coefficient (Wildman–Crippen LogP) is 0.738. The summed E-state index contributed by atoms with van der Waals surface area (Å²) in [5, 5.41) is 14.3. The van der Waals surface area contributed by atoms with E-state index in [2.05, 4.69) is 15.4 Å². The van der Waals surface area contributed by atoms with Crippen LogP contribution in [0.15, 0.2) is 22.5 Å². The third-order valence-electron chi connectivity index (χ3n) is 2.77. The van der Waals surface area contributed by atoms with Gasteiger partial charge in [0.05, 0.1) is 18.4 Å². The zero-order valence-electron chi connectivity index (χ0n) is 11.3. The minimum atomic E-state index is -3.91. The number of nitrogens with two attached hydrogens (primary N) is 1. The Balaban J connectivity index is 1.75. The molecule has 0 atom stereocenters. The van der Waals surface area contributed by atoms with Crippen LogP contribution in [-0.4, -0.2) is 28.9 Å². The summed E-state index contributed by atoms with van der Waals surface area (Å²) < 4.78 is 24.4. The molecule has 1 amide bonds. The van der Waals surface area contributed by atoms with Crippen molar-refractivity contribution in [3.63, 3.8) is 0 Å². The minimum Gasteiger partial charge on any atom is -0.346 e. The molecule has 116 valence electrons. The van der Waals surface area contributed by atoms with Crippen LogP contribution in [0.1, 0.15) is 20.4 Å². The van der Waals surface area contributed by atoms with Crippen LogP contribution in [0.25, 0.3) is 4.96 Å². The van der Waals surface area contributed by atoms with E-state index in [1.807, 2.05) is 6.92 Å². The van der Waals surface area contributed by atoms with Gasteiger partial charge in [0.1, 0.15) is 14.8 Å². The van der Waals surface area contributed by atoms with E-state index < -0.39 is 15.9 Å². The van der Waals surface area contributed by atoms with Gasteiger partial charge in [-0.05, 0) is 18.4 Å². The van der Waals surface area contributed by atoms with E-state index in [1.54, 1.807) is 10.7 Å². The lowest BCUT2D eigenvalue weighted by Crippen LogP contribution is -2.25. The van der Waals surface area contributed by atoms with E-state index >= 15 is 0 Å². The number of imidazole rings is 1. The number of carbonyl (C=O) groups excluding carboxylic acids is 1. The SMILES string of the molecule is Cc1nn2cc(CNC(=O)c3sccc3S(N)(=O)=O)nc2s1. The van der Waals surface area contributed by atoms with Crippen molar-refractivity contribution in [2.45, 2.75) is 18.4 Å². The lowest BCUT2D eigenvalue weighted by molar-refractivity contribution is 0.0951. The number of nitrogens with one attached hydrogen (secondary N) is 1. The van der Waals surface area contributed by atoms with Gasteiger partial charge >= 0.3 is 0 Å². The van der Waals surface area contributed by atoms with Crippen LogP contribution in [0.4, 0.5) is 0 Å². The summed E-state index contributed by atoms with van der Waals surface area (Å²) in [4.78, 5) is 17.0. The fourth-order valence-electron chi connectivity index (χ4n) is 1.87. The molecule has 3 heterocycles. The Morgan fingerprint density at radius 1 is 1.50 bits per heavy atom. The van der Waals surface area contributed by atoms with E-state index in [0.717, 1.165) is 21.3 Å². The van der Waals surface area contributed by atoms with Gasteiger partial charge in [0, 0.05) is 0 Å². The Bertz CT molecular complexity index is 921. The zero-order chi connectivity index (χ0) is 15.9. The number of carbonyl (C=O) groups is 1. The van der Waals surface area contributed by atoms with Crippen LogP contribution >= 0.6 is 22.7 Å². The van der Waals surface area contributed by atoms with Gasteiger partial charge in [0.15, 0.2) is 0 Å². The van der Waals surface area contributed by atoms with Crippen LogP contribution < -0.4 is 10.5 Å². The molecule has 0 aromatic carbocycles. The van der Waals surface area contributed by atoms with Crippen molar-refractivity contribution >= 4 is 43.6 Å². The lowest BCUT2D eigenvalue weighted by Gasteiger charge is -2.03. The van der Waals surface area contributed by atoms with Crippen LogP contribution in [-0.2, 0) is 16.6 Å². The Morgan fingerprint density at radius 2 is 2.27 bits per heavy atom. The lowest BCUT2D eigenvalue weighted by atomic mass is 10.4. The van der Waals surface area contributed by atoms with Crippen molar-refractivity contribution in [1.29, 1.82) is 0 Å². The van der Waals surface area contributed by atoms with Crippen molar-refractivity contribution in [2.24, 2.45) is 5.14 Å². The third-order valence-corrected chi connectivity index (χ3v) is 5.60. The number of aromatic nitrogens is 3. The summed E-state index contributed by atoms with van der Waals surface area (Å²) >= 11 is 2.47. The smallest absolute Gasteiger partial charge is 0.263 e. The molecule has 0 bridgehead atoms. The summed E-state index contributed by atoms with van der Waals surface area (Å²) in [5.74, 6) is -0.500. The summed E-state index contributed by atoms with van der Waals surface area (Å²) in [6.45, 7) is 2.06. The van der Waals surface area contributed by atoms with E-state index in [0.29, 0.717) is 5.69 Å². The van der Waals surface area contributed by atoms with Crippen molar-refractivity contribution in [3.05, 3.63) is 33.2 Å². The van der Waals surface area contributed by atoms with Gasteiger partial charge in [-0.1, -0.05) is 11.3 Å². The average molecular weight is 357 g/mol. The number of hydrogen-bond acceptors (Lipinski definition) is 7. The molecule has 0 saturated heterocycles. The van der Waals surface area contributed by atoms with E-state index in [9.17, 15) is 13.2 Å². The van der Waals surface area contributed by atoms with Gasteiger partial charge in [-0.25, -0.2) is 23.1 Å². The summed E-state index contributed by atoms with van der Waals surface area (Å²) in [6, 6.07) is 1.31. The molecule has 0 aliphatic carbocycles. The van der Waals surface area contributed by atoms with Crippen molar-refractivity contribution < 1.29 is 13.2 Å². The summed E-state index contributed by atoms with van der Waals surface area (Å²) in [6.07, 6.45) is 1.72. The van der Waals surface area contributed by atoms with Gasteiger partial charge in [0.25, 0.3) is 5.91 Å². The number of sulfonamides is 1. The largest absolute Gasteiger partial charge is 0.346 e. The Morgan fingerprint density at radius 3 is 2.95 bits per heavy atom. The number of nitrogens with zero attached hydrogens (tertiary/aromatic N) is 3. The molecule has 22 heavy (non-hydrogen) atoms. The highest BCUT2D eigenvalue weighted by Crippen LogP contribution is 2.20. The highest BCUT2D eigenvalue weighted by atomic mass is 32.2. The highest BCUT2D eigenvalue weighted by molar-refractivity contribution is 7.89. The molecule has 8 nitrogen and oxygen atoms in total. The van der Waals surface area contributed by atoms with Crippen molar-refractivity contribution in [2.75, 3.05) is 0 Å². The normalized spacial score (nSPS) is 11.9. The Hall–Kier alpha value is -1.82. The minimum absolute atomic E-state index is 0.0671. The number of primary sulfonamides is 1. The maximum atomic E-state index is 12.1. The van der Waals surface area contributed by atoms with E-state index in [1.165, 1.54) is 22.8 Å². The Labute approximate surface area is 133 Å². The maximum Gasteiger partial charge on any atom is 0.263 e. The number of thiophene rings is 1. The van der Waals surface area contributed by atoms with Gasteiger partial charge in [-0.3, -0.25) is 4.79 Å². The summed E-state index contributed by atoms with van der Waals surface area (Å²) in [5.41, 5.74) is 0.640. The van der Waals surface area contributed by atoms with Crippen molar-refractivity contribution in [3.8, 4) is 0 Å². The molecule has 3 N–H and O–H groups in total. The Kier molecular flexibility index (Phi) is 3.72. The second-order valence-corrected chi connectivity index (χ2v) is 8.03. The molecule has 0 fully saturated rings. The molecule has 0 unspecified atom stereocenters. The molecule has 0 radical (unpaired) electrons. The molecular weight excluding hydrogens is 346 g/mol. The monoisotopic (exact) mass is 357 g/mol. The standard InChI is InChI=1S/C11H11N5O3S3/c1-6-15-16-5-7(14-11(16)21-6)4-13-10(17)9-8(2-3-20-9)22(12,18)19/h2-3,5H,4H2,1H3,(H,13,17)(H2,12,18,19). The molecule has 3 aromatic rings.